The lowest BCUT2D eigenvalue weighted by atomic mass is 10.1. The molecule has 2 N–H and O–H groups in total. The van der Waals surface area contributed by atoms with Crippen LogP contribution in [0, 0.1) is 5.92 Å². The second-order valence-corrected chi connectivity index (χ2v) is 4.95. The van der Waals surface area contributed by atoms with Crippen LogP contribution in [0.2, 0.25) is 0 Å². The fourth-order valence-electron chi connectivity index (χ4n) is 2.09. The number of nitrogens with zero attached hydrogens (tertiary/aromatic N) is 1. The molecule has 1 aromatic heterocycles. The maximum Gasteiger partial charge on any atom is 0.433 e. The number of carbonyl (C=O) groups is 1. The summed E-state index contributed by atoms with van der Waals surface area (Å²) < 4.78 is 39.2. The number of H-pyrrole nitrogens is 1. The third kappa shape index (κ3) is 2.76. The van der Waals surface area contributed by atoms with Crippen LogP contribution in [0.15, 0.2) is 30.3 Å². The van der Waals surface area contributed by atoms with E-state index < -0.39 is 11.9 Å². The van der Waals surface area contributed by atoms with Crippen molar-refractivity contribution in [3.63, 3.8) is 0 Å². The number of nitrogens with one attached hydrogen (secondary N) is 2. The van der Waals surface area contributed by atoms with Gasteiger partial charge in [-0.25, -0.2) is 0 Å². The highest BCUT2D eigenvalue weighted by Gasteiger charge is 2.39. The average molecular weight is 295 g/mol. The van der Waals surface area contributed by atoms with Crippen molar-refractivity contribution in [3.8, 4) is 11.1 Å². The Kier molecular flexibility index (Phi) is 3.19. The Bertz CT molecular complexity index is 660. The second kappa shape index (κ2) is 4.91. The first-order chi connectivity index (χ1) is 9.97. The molecule has 21 heavy (non-hydrogen) atoms. The molecule has 1 aliphatic rings. The summed E-state index contributed by atoms with van der Waals surface area (Å²) in [5.74, 6) is -0.475. The van der Waals surface area contributed by atoms with Crippen LogP contribution >= 0.6 is 0 Å². The van der Waals surface area contributed by atoms with Crippen LogP contribution in [-0.2, 0) is 11.0 Å². The van der Waals surface area contributed by atoms with Crippen LogP contribution in [0.5, 0.6) is 0 Å². The molecule has 0 bridgehead atoms. The van der Waals surface area contributed by atoms with E-state index in [0.29, 0.717) is 5.56 Å². The first kappa shape index (κ1) is 13.7. The standard InChI is InChI=1S/C14H12F3N3O/c15-14(16,17)11-10(8-4-2-1-3-5-8)12(20-19-11)18-13(21)9-6-7-9/h1-5,9H,6-7H2,(H2,18,19,20,21). The van der Waals surface area contributed by atoms with Crippen LogP contribution in [0.4, 0.5) is 19.0 Å². The monoisotopic (exact) mass is 295 g/mol. The maximum absolute atomic E-state index is 13.1. The number of carbonyl (C=O) groups excluding carboxylic acids is 1. The smallest absolute Gasteiger partial charge is 0.308 e. The third-order valence-corrected chi connectivity index (χ3v) is 3.30. The van der Waals surface area contributed by atoms with E-state index in [1.807, 2.05) is 5.10 Å². The number of hydrogen-bond acceptors (Lipinski definition) is 2. The Hall–Kier alpha value is -2.31. The second-order valence-electron chi connectivity index (χ2n) is 4.95. The van der Waals surface area contributed by atoms with Gasteiger partial charge in [0.2, 0.25) is 5.91 Å². The van der Waals surface area contributed by atoms with Crippen molar-refractivity contribution >= 4 is 11.7 Å². The Balaban J connectivity index is 2.04. The molecule has 0 atom stereocenters. The van der Waals surface area contributed by atoms with Gasteiger partial charge in [0.25, 0.3) is 0 Å². The van der Waals surface area contributed by atoms with E-state index in [4.69, 9.17) is 0 Å². The van der Waals surface area contributed by atoms with E-state index in [2.05, 4.69) is 10.4 Å². The topological polar surface area (TPSA) is 57.8 Å². The molecule has 0 radical (unpaired) electrons. The molecule has 0 saturated heterocycles. The van der Waals surface area contributed by atoms with Crippen LogP contribution in [0.25, 0.3) is 11.1 Å². The Morgan fingerprint density at radius 3 is 2.48 bits per heavy atom. The Morgan fingerprint density at radius 2 is 1.90 bits per heavy atom. The molecule has 4 nitrogen and oxygen atoms in total. The quantitative estimate of drug-likeness (QED) is 0.911. The molecule has 1 saturated carbocycles. The number of hydrogen-bond donors (Lipinski definition) is 2. The Labute approximate surface area is 118 Å². The van der Waals surface area contributed by atoms with Gasteiger partial charge in [0.05, 0.1) is 5.56 Å². The fraction of sp³-hybridized carbons (Fsp3) is 0.286. The van der Waals surface area contributed by atoms with Crippen LogP contribution in [-0.4, -0.2) is 16.1 Å². The fourth-order valence-corrected chi connectivity index (χ4v) is 2.09. The van der Waals surface area contributed by atoms with E-state index >= 15 is 0 Å². The first-order valence-electron chi connectivity index (χ1n) is 6.48. The van der Waals surface area contributed by atoms with Crippen molar-refractivity contribution in [1.29, 1.82) is 0 Å². The molecular weight excluding hydrogens is 283 g/mol. The number of aromatic amines is 1. The third-order valence-electron chi connectivity index (χ3n) is 3.30. The van der Waals surface area contributed by atoms with Crippen LogP contribution < -0.4 is 5.32 Å². The predicted molar refractivity (Wildman–Crippen MR) is 70.4 cm³/mol. The van der Waals surface area contributed by atoms with Gasteiger partial charge < -0.3 is 5.32 Å². The van der Waals surface area contributed by atoms with Gasteiger partial charge in [0, 0.05) is 5.92 Å². The number of aromatic nitrogens is 2. The number of benzene rings is 1. The van der Waals surface area contributed by atoms with E-state index in [1.54, 1.807) is 30.3 Å². The molecular formula is C14H12F3N3O. The molecule has 1 aliphatic carbocycles. The lowest BCUT2D eigenvalue weighted by Crippen LogP contribution is -2.14. The predicted octanol–water partition coefficient (Wildman–Crippen LogP) is 3.44. The van der Waals surface area contributed by atoms with E-state index in [9.17, 15) is 18.0 Å². The van der Waals surface area contributed by atoms with E-state index in [0.717, 1.165) is 12.8 Å². The molecule has 3 rings (SSSR count). The number of amides is 1. The average Bonchev–Trinajstić information content (AvgIpc) is 3.20. The van der Waals surface area contributed by atoms with Crippen LogP contribution in [0.3, 0.4) is 0 Å². The highest BCUT2D eigenvalue weighted by molar-refractivity contribution is 5.97. The highest BCUT2D eigenvalue weighted by atomic mass is 19.4. The van der Waals surface area contributed by atoms with Crippen LogP contribution in [0.1, 0.15) is 18.5 Å². The molecule has 0 spiro atoms. The van der Waals surface area contributed by atoms with Crippen molar-refractivity contribution in [2.24, 2.45) is 5.92 Å². The minimum absolute atomic E-state index is 0.0783. The number of rotatable bonds is 3. The van der Waals surface area contributed by atoms with Gasteiger partial charge in [-0.1, -0.05) is 30.3 Å². The summed E-state index contributed by atoms with van der Waals surface area (Å²) in [5, 5.41) is 8.10. The van der Waals surface area contributed by atoms with Gasteiger partial charge in [-0.05, 0) is 18.4 Å². The highest BCUT2D eigenvalue weighted by Crippen LogP contribution is 2.40. The van der Waals surface area contributed by atoms with Crippen molar-refractivity contribution in [3.05, 3.63) is 36.0 Å². The zero-order valence-electron chi connectivity index (χ0n) is 10.9. The largest absolute Gasteiger partial charge is 0.433 e. The Morgan fingerprint density at radius 1 is 1.24 bits per heavy atom. The summed E-state index contributed by atoms with van der Waals surface area (Å²) in [4.78, 5) is 11.8. The van der Waals surface area contributed by atoms with Gasteiger partial charge in [-0.2, -0.15) is 18.3 Å². The molecule has 1 heterocycles. The lowest BCUT2D eigenvalue weighted by Gasteiger charge is -2.09. The molecule has 0 aliphatic heterocycles. The summed E-state index contributed by atoms with van der Waals surface area (Å²) in [7, 11) is 0. The van der Waals surface area contributed by atoms with E-state index in [-0.39, 0.29) is 23.2 Å². The molecule has 1 amide bonds. The van der Waals surface area contributed by atoms with Gasteiger partial charge in [-0.15, -0.1) is 0 Å². The van der Waals surface area contributed by atoms with Gasteiger partial charge in [0.1, 0.15) is 5.69 Å². The minimum atomic E-state index is -4.57. The van der Waals surface area contributed by atoms with Crippen molar-refractivity contribution in [2.45, 2.75) is 19.0 Å². The molecule has 1 fully saturated rings. The first-order valence-corrected chi connectivity index (χ1v) is 6.48. The summed E-state index contributed by atoms with van der Waals surface area (Å²) in [5.41, 5.74) is -0.735. The van der Waals surface area contributed by atoms with Crippen molar-refractivity contribution < 1.29 is 18.0 Å². The zero-order valence-corrected chi connectivity index (χ0v) is 10.9. The lowest BCUT2D eigenvalue weighted by molar-refractivity contribution is -0.140. The number of halogens is 3. The number of anilines is 1. The summed E-state index contributed by atoms with van der Waals surface area (Å²) >= 11 is 0. The summed E-state index contributed by atoms with van der Waals surface area (Å²) in [6, 6.07) is 8.07. The van der Waals surface area contributed by atoms with Gasteiger partial charge >= 0.3 is 6.18 Å². The normalized spacial score (nSPS) is 15.0. The molecule has 0 unspecified atom stereocenters. The molecule has 2 aromatic rings. The zero-order chi connectivity index (χ0) is 15.0. The SMILES string of the molecule is O=C(Nc1n[nH]c(C(F)(F)F)c1-c1ccccc1)C1CC1. The van der Waals surface area contributed by atoms with Gasteiger partial charge in [-0.3, -0.25) is 9.89 Å². The van der Waals surface area contributed by atoms with E-state index in [1.165, 1.54) is 0 Å². The minimum Gasteiger partial charge on any atom is -0.308 e. The maximum atomic E-state index is 13.1. The number of alkyl halides is 3. The summed E-state index contributed by atoms with van der Waals surface area (Å²) in [6.07, 6.45) is -3.03. The molecule has 110 valence electrons. The van der Waals surface area contributed by atoms with Crippen molar-refractivity contribution in [1.82, 2.24) is 10.2 Å². The van der Waals surface area contributed by atoms with Crippen molar-refractivity contribution in [2.75, 3.05) is 5.32 Å². The van der Waals surface area contributed by atoms with Gasteiger partial charge in [0.15, 0.2) is 5.82 Å². The molecule has 7 heteroatoms. The molecule has 1 aromatic carbocycles. The summed E-state index contributed by atoms with van der Waals surface area (Å²) in [6.45, 7) is 0.